The van der Waals surface area contributed by atoms with Gasteiger partial charge in [0.25, 0.3) is 0 Å². The highest BCUT2D eigenvalue weighted by molar-refractivity contribution is 9.10. The van der Waals surface area contributed by atoms with Crippen LogP contribution >= 0.6 is 27.5 Å². The highest BCUT2D eigenvalue weighted by Gasteiger charge is 2.11. The van der Waals surface area contributed by atoms with Gasteiger partial charge in [-0.2, -0.15) is 0 Å². The zero-order chi connectivity index (χ0) is 12.0. The molecule has 16 heavy (non-hydrogen) atoms. The maximum Gasteiger partial charge on any atom is 0.175 e. The van der Waals surface area contributed by atoms with E-state index in [1.807, 2.05) is 19.1 Å². The molecule has 0 N–H and O–H groups in total. The first-order chi connectivity index (χ1) is 7.72. The van der Waals surface area contributed by atoms with Crippen LogP contribution < -0.4 is 9.47 Å². The maximum atomic E-state index is 5.81. The van der Waals surface area contributed by atoms with Gasteiger partial charge < -0.3 is 9.47 Å². The van der Waals surface area contributed by atoms with Gasteiger partial charge in [0, 0.05) is 5.88 Å². The molecule has 0 saturated carbocycles. The van der Waals surface area contributed by atoms with Gasteiger partial charge in [0.1, 0.15) is 0 Å². The molecule has 1 rings (SSSR count). The van der Waals surface area contributed by atoms with Gasteiger partial charge in [-0.1, -0.05) is 6.92 Å². The molecule has 0 atom stereocenters. The van der Waals surface area contributed by atoms with Crippen LogP contribution in [0.4, 0.5) is 0 Å². The second kappa shape index (κ2) is 7.02. The first kappa shape index (κ1) is 13.7. The molecule has 0 radical (unpaired) electrons. The zero-order valence-electron chi connectivity index (χ0n) is 9.56. The molecule has 90 valence electrons. The summed E-state index contributed by atoms with van der Waals surface area (Å²) in [5, 5.41) is 0. The second-order valence-electron chi connectivity index (χ2n) is 3.32. The molecular weight excluding hydrogens is 291 g/mol. The highest BCUT2D eigenvalue weighted by Crippen LogP contribution is 2.37. The van der Waals surface area contributed by atoms with Gasteiger partial charge in [-0.05, 0) is 47.0 Å². The average molecular weight is 308 g/mol. The largest absolute Gasteiger partial charge is 0.490 e. The molecule has 0 aliphatic rings. The topological polar surface area (TPSA) is 18.5 Å². The van der Waals surface area contributed by atoms with Crippen molar-refractivity contribution < 1.29 is 9.47 Å². The minimum absolute atomic E-state index is 0.465. The molecule has 2 nitrogen and oxygen atoms in total. The summed E-state index contributed by atoms with van der Waals surface area (Å²) in [6.45, 7) is 5.31. The number of alkyl halides is 1. The Bertz CT molecular complexity index is 342. The van der Waals surface area contributed by atoms with Gasteiger partial charge in [-0.15, -0.1) is 11.6 Å². The van der Waals surface area contributed by atoms with Crippen molar-refractivity contribution in [3.05, 3.63) is 22.2 Å². The van der Waals surface area contributed by atoms with Crippen molar-refractivity contribution in [3.63, 3.8) is 0 Å². The molecule has 0 aromatic heterocycles. The number of halogens is 2. The van der Waals surface area contributed by atoms with Crippen molar-refractivity contribution in [1.29, 1.82) is 0 Å². The predicted molar refractivity (Wildman–Crippen MR) is 70.7 cm³/mol. The molecule has 0 saturated heterocycles. The summed E-state index contributed by atoms with van der Waals surface area (Å²) in [6, 6.07) is 3.88. The second-order valence-corrected chi connectivity index (χ2v) is 4.44. The Morgan fingerprint density at radius 1 is 1.25 bits per heavy atom. The zero-order valence-corrected chi connectivity index (χ0v) is 11.9. The van der Waals surface area contributed by atoms with Crippen LogP contribution in [-0.4, -0.2) is 13.2 Å². The van der Waals surface area contributed by atoms with Crippen LogP contribution in [0.2, 0.25) is 0 Å². The van der Waals surface area contributed by atoms with E-state index in [0.717, 1.165) is 28.0 Å². The number of benzene rings is 1. The molecule has 0 spiro atoms. The lowest BCUT2D eigenvalue weighted by molar-refractivity contribution is 0.275. The summed E-state index contributed by atoms with van der Waals surface area (Å²) in [5.74, 6) is 1.98. The normalized spacial score (nSPS) is 10.2. The summed E-state index contributed by atoms with van der Waals surface area (Å²) < 4.78 is 12.1. The van der Waals surface area contributed by atoms with Gasteiger partial charge in [-0.3, -0.25) is 0 Å². The van der Waals surface area contributed by atoms with Gasteiger partial charge >= 0.3 is 0 Å². The van der Waals surface area contributed by atoms with E-state index in [1.165, 1.54) is 0 Å². The smallest absolute Gasteiger partial charge is 0.175 e. The number of rotatable bonds is 6. The number of ether oxygens (including phenoxy) is 2. The van der Waals surface area contributed by atoms with Gasteiger partial charge in [0.2, 0.25) is 0 Å². The molecule has 0 aliphatic carbocycles. The van der Waals surface area contributed by atoms with Crippen molar-refractivity contribution in [1.82, 2.24) is 0 Å². The first-order valence-corrected chi connectivity index (χ1v) is 6.69. The van der Waals surface area contributed by atoms with Crippen molar-refractivity contribution in [2.24, 2.45) is 0 Å². The standard InChI is InChI=1S/C12H16BrClO2/c1-3-5-16-12-10(13)6-9(8-14)7-11(12)15-4-2/h6-7H,3-5,8H2,1-2H3. The van der Waals surface area contributed by atoms with Gasteiger partial charge in [0.15, 0.2) is 11.5 Å². The fourth-order valence-corrected chi connectivity index (χ4v) is 2.06. The van der Waals surface area contributed by atoms with E-state index in [2.05, 4.69) is 22.9 Å². The van der Waals surface area contributed by atoms with Crippen LogP contribution in [0, 0.1) is 0 Å². The van der Waals surface area contributed by atoms with Crippen LogP contribution in [0.5, 0.6) is 11.5 Å². The Kier molecular flexibility index (Phi) is 5.99. The predicted octanol–water partition coefficient (Wildman–Crippen LogP) is 4.38. The third kappa shape index (κ3) is 3.56. The van der Waals surface area contributed by atoms with Gasteiger partial charge in [0.05, 0.1) is 17.7 Å². The molecule has 0 heterocycles. The average Bonchev–Trinajstić information content (AvgIpc) is 2.28. The monoisotopic (exact) mass is 306 g/mol. The lowest BCUT2D eigenvalue weighted by Gasteiger charge is -2.14. The maximum absolute atomic E-state index is 5.81. The number of hydrogen-bond donors (Lipinski definition) is 0. The number of hydrogen-bond acceptors (Lipinski definition) is 2. The van der Waals surface area contributed by atoms with Crippen molar-refractivity contribution in [2.75, 3.05) is 13.2 Å². The summed E-state index contributed by atoms with van der Waals surface area (Å²) in [5.41, 5.74) is 1.01. The van der Waals surface area contributed by atoms with E-state index >= 15 is 0 Å². The van der Waals surface area contributed by atoms with E-state index in [9.17, 15) is 0 Å². The fourth-order valence-electron chi connectivity index (χ4n) is 1.31. The Labute approximate surface area is 110 Å². The Hall–Kier alpha value is -0.410. The third-order valence-electron chi connectivity index (χ3n) is 1.97. The van der Waals surface area contributed by atoms with E-state index in [1.54, 1.807) is 0 Å². The van der Waals surface area contributed by atoms with Gasteiger partial charge in [-0.25, -0.2) is 0 Å². The minimum atomic E-state index is 0.465. The van der Waals surface area contributed by atoms with Crippen LogP contribution in [-0.2, 0) is 5.88 Å². The van der Waals surface area contributed by atoms with Crippen LogP contribution in [0.3, 0.4) is 0 Å². The van der Waals surface area contributed by atoms with Crippen LogP contribution in [0.1, 0.15) is 25.8 Å². The highest BCUT2D eigenvalue weighted by atomic mass is 79.9. The van der Waals surface area contributed by atoms with E-state index < -0.39 is 0 Å². The summed E-state index contributed by atoms with van der Waals surface area (Å²) in [4.78, 5) is 0. The molecule has 4 heteroatoms. The molecule has 0 fully saturated rings. The van der Waals surface area contributed by atoms with Crippen molar-refractivity contribution in [2.45, 2.75) is 26.1 Å². The van der Waals surface area contributed by atoms with Crippen molar-refractivity contribution in [3.8, 4) is 11.5 Å². The Balaban J connectivity index is 3.01. The molecule has 1 aromatic rings. The minimum Gasteiger partial charge on any atom is -0.490 e. The molecule has 0 amide bonds. The molecule has 1 aromatic carbocycles. The third-order valence-corrected chi connectivity index (χ3v) is 2.87. The molecule has 0 aliphatic heterocycles. The van der Waals surface area contributed by atoms with E-state index in [0.29, 0.717) is 19.1 Å². The van der Waals surface area contributed by atoms with E-state index in [-0.39, 0.29) is 0 Å². The van der Waals surface area contributed by atoms with E-state index in [4.69, 9.17) is 21.1 Å². The lowest BCUT2D eigenvalue weighted by atomic mass is 10.2. The summed E-state index contributed by atoms with van der Waals surface area (Å²) in [6.07, 6.45) is 0.968. The molecule has 0 unspecified atom stereocenters. The van der Waals surface area contributed by atoms with Crippen LogP contribution in [0.15, 0.2) is 16.6 Å². The fraction of sp³-hybridized carbons (Fsp3) is 0.500. The molecule has 0 bridgehead atoms. The van der Waals surface area contributed by atoms with Crippen LogP contribution in [0.25, 0.3) is 0 Å². The summed E-state index contributed by atoms with van der Waals surface area (Å²) in [7, 11) is 0. The quantitative estimate of drug-likeness (QED) is 0.726. The lowest BCUT2D eigenvalue weighted by Crippen LogP contribution is -2.01. The SMILES string of the molecule is CCCOc1c(Br)cc(CCl)cc1OCC. The summed E-state index contributed by atoms with van der Waals surface area (Å²) >= 11 is 9.29. The first-order valence-electron chi connectivity index (χ1n) is 5.36. The Morgan fingerprint density at radius 3 is 2.56 bits per heavy atom. The molecular formula is C12H16BrClO2. The Morgan fingerprint density at radius 2 is 2.00 bits per heavy atom. The van der Waals surface area contributed by atoms with Crippen molar-refractivity contribution >= 4 is 27.5 Å².